The van der Waals surface area contributed by atoms with Crippen LogP contribution in [0.2, 0.25) is 0 Å². The molecule has 0 spiro atoms. The van der Waals surface area contributed by atoms with E-state index in [0.29, 0.717) is 77.9 Å². The van der Waals surface area contributed by atoms with E-state index in [-0.39, 0.29) is 16.7 Å². The Bertz CT molecular complexity index is 1950. The molecule has 1 saturated heterocycles. The van der Waals surface area contributed by atoms with E-state index in [1.54, 1.807) is 36.4 Å². The Morgan fingerprint density at radius 3 is 2.38 bits per heavy atom. The Labute approximate surface area is 289 Å². The lowest BCUT2D eigenvalue weighted by Crippen LogP contribution is -2.39. The lowest BCUT2D eigenvalue weighted by molar-refractivity contribution is -0.124. The number of hydrogen-bond acceptors (Lipinski definition) is 13. The van der Waals surface area contributed by atoms with Crippen molar-refractivity contribution in [3.63, 3.8) is 0 Å². The lowest BCUT2D eigenvalue weighted by Gasteiger charge is -2.26. The standard InChI is InChI=1S/C35H39N5O9S/c1-50(43,44)26-9-5-24(6-10-26)39-34(42)35(11-12-35)33(41)38-23-3-7-25(8-4-23)49-32-29-27(36-22-37-32)21-28(30-31(29)48-20-19-47-30)46-16-2-13-40-14-17-45-18-15-40/h3-10,21-22,34,39,42H,2,11-20H2,1H3,(H,38,41). The molecule has 4 aromatic rings. The minimum Gasteiger partial charge on any atom is -0.489 e. The van der Waals surface area contributed by atoms with Crippen LogP contribution in [0.4, 0.5) is 11.4 Å². The number of morpholine rings is 1. The Balaban J connectivity index is 1.00. The first-order valence-corrected chi connectivity index (χ1v) is 18.4. The molecule has 15 heteroatoms. The van der Waals surface area contributed by atoms with E-state index >= 15 is 0 Å². The maximum Gasteiger partial charge on any atom is 0.235 e. The van der Waals surface area contributed by atoms with Gasteiger partial charge in [0.05, 0.1) is 35.6 Å². The summed E-state index contributed by atoms with van der Waals surface area (Å²) in [6.07, 6.45) is 3.21. The quantitative estimate of drug-likeness (QED) is 0.136. The summed E-state index contributed by atoms with van der Waals surface area (Å²) in [5, 5.41) is 17.3. The Hall–Kier alpha value is -4.70. The third-order valence-corrected chi connectivity index (χ3v) is 10.1. The zero-order chi connectivity index (χ0) is 34.7. The first-order valence-electron chi connectivity index (χ1n) is 16.5. The van der Waals surface area contributed by atoms with Gasteiger partial charge in [0, 0.05) is 43.3 Å². The minimum absolute atomic E-state index is 0.170. The van der Waals surface area contributed by atoms with Gasteiger partial charge >= 0.3 is 0 Å². The number of aromatic nitrogens is 2. The Kier molecular flexibility index (Phi) is 9.64. The number of anilines is 2. The van der Waals surface area contributed by atoms with Crippen LogP contribution >= 0.6 is 0 Å². The van der Waals surface area contributed by atoms with Crippen LogP contribution in [0.15, 0.2) is 65.8 Å². The molecule has 3 heterocycles. The summed E-state index contributed by atoms with van der Waals surface area (Å²) >= 11 is 0. The van der Waals surface area contributed by atoms with E-state index in [2.05, 4.69) is 25.5 Å². The van der Waals surface area contributed by atoms with Gasteiger partial charge in [0.1, 0.15) is 36.9 Å². The van der Waals surface area contributed by atoms with Gasteiger partial charge in [-0.25, -0.2) is 18.4 Å². The first kappa shape index (κ1) is 33.8. The number of nitrogens with one attached hydrogen (secondary N) is 2. The van der Waals surface area contributed by atoms with Gasteiger partial charge in [-0.05, 0) is 67.8 Å². The van der Waals surface area contributed by atoms with Crippen LogP contribution in [0.1, 0.15) is 19.3 Å². The van der Waals surface area contributed by atoms with Crippen molar-refractivity contribution >= 4 is 38.0 Å². The number of nitrogens with zero attached hydrogens (tertiary/aromatic N) is 3. The molecular formula is C35H39N5O9S. The molecule has 2 aliphatic heterocycles. The summed E-state index contributed by atoms with van der Waals surface area (Å²) in [6.45, 7) is 5.54. The normalized spacial score (nSPS) is 17.5. The summed E-state index contributed by atoms with van der Waals surface area (Å²) in [5.41, 5.74) is 0.593. The maximum atomic E-state index is 13.3. The second-order valence-corrected chi connectivity index (χ2v) is 14.6. The molecule has 1 aromatic heterocycles. The summed E-state index contributed by atoms with van der Waals surface area (Å²) in [7, 11) is -3.34. The third-order valence-electron chi connectivity index (χ3n) is 9.00. The molecule has 1 saturated carbocycles. The van der Waals surface area contributed by atoms with Crippen molar-refractivity contribution in [1.29, 1.82) is 0 Å². The average Bonchev–Trinajstić information content (AvgIpc) is 3.94. The van der Waals surface area contributed by atoms with Gasteiger partial charge in [-0.15, -0.1) is 0 Å². The number of carbonyl (C=O) groups is 1. The molecule has 3 aromatic carbocycles. The van der Waals surface area contributed by atoms with Gasteiger partial charge in [0.15, 0.2) is 21.3 Å². The predicted molar refractivity (Wildman–Crippen MR) is 184 cm³/mol. The highest BCUT2D eigenvalue weighted by atomic mass is 32.2. The molecule has 2 fully saturated rings. The summed E-state index contributed by atoms with van der Waals surface area (Å²) < 4.78 is 53.3. The summed E-state index contributed by atoms with van der Waals surface area (Å²) in [5.74, 6) is 1.93. The van der Waals surface area contributed by atoms with E-state index < -0.39 is 21.5 Å². The number of amides is 1. The van der Waals surface area contributed by atoms with Crippen LogP contribution < -0.4 is 29.6 Å². The predicted octanol–water partition coefficient (Wildman–Crippen LogP) is 3.85. The number of aliphatic hydroxyl groups is 1. The van der Waals surface area contributed by atoms with Crippen molar-refractivity contribution in [1.82, 2.24) is 14.9 Å². The Morgan fingerprint density at radius 2 is 1.68 bits per heavy atom. The third kappa shape index (κ3) is 7.40. The number of benzene rings is 3. The molecule has 1 atom stereocenters. The molecule has 1 amide bonds. The molecule has 14 nitrogen and oxygen atoms in total. The zero-order valence-electron chi connectivity index (χ0n) is 27.6. The molecule has 3 N–H and O–H groups in total. The number of sulfone groups is 1. The molecule has 1 aliphatic carbocycles. The van der Waals surface area contributed by atoms with Gasteiger partial charge < -0.3 is 39.4 Å². The van der Waals surface area contributed by atoms with Gasteiger partial charge in [-0.3, -0.25) is 9.69 Å². The van der Waals surface area contributed by atoms with Crippen LogP contribution in [0.3, 0.4) is 0 Å². The molecule has 0 radical (unpaired) electrons. The molecule has 3 aliphatic rings. The highest BCUT2D eigenvalue weighted by Gasteiger charge is 2.56. The summed E-state index contributed by atoms with van der Waals surface area (Å²) in [6, 6.07) is 14.7. The Morgan fingerprint density at radius 1 is 0.980 bits per heavy atom. The van der Waals surface area contributed by atoms with Gasteiger partial charge in [-0.2, -0.15) is 0 Å². The molecule has 0 bridgehead atoms. The molecule has 50 heavy (non-hydrogen) atoms. The second-order valence-electron chi connectivity index (χ2n) is 12.5. The minimum atomic E-state index is -3.34. The van der Waals surface area contributed by atoms with Crippen LogP contribution in [0.25, 0.3) is 10.9 Å². The fourth-order valence-corrected chi connectivity index (χ4v) is 6.62. The molecular weight excluding hydrogens is 666 g/mol. The number of carbonyl (C=O) groups excluding carboxylic acids is 1. The van der Waals surface area contributed by atoms with E-state index in [4.69, 9.17) is 23.7 Å². The number of aliphatic hydroxyl groups excluding tert-OH is 1. The van der Waals surface area contributed by atoms with Gasteiger partial charge in [0.2, 0.25) is 17.5 Å². The number of ether oxygens (including phenoxy) is 5. The highest BCUT2D eigenvalue weighted by Crippen LogP contribution is 2.50. The van der Waals surface area contributed by atoms with Crippen molar-refractivity contribution in [3.8, 4) is 28.9 Å². The van der Waals surface area contributed by atoms with Crippen LogP contribution in [-0.4, -0.2) is 99.5 Å². The molecule has 264 valence electrons. The average molecular weight is 706 g/mol. The van der Waals surface area contributed by atoms with E-state index in [0.717, 1.165) is 45.5 Å². The largest absolute Gasteiger partial charge is 0.489 e. The zero-order valence-corrected chi connectivity index (χ0v) is 28.4. The van der Waals surface area contributed by atoms with Crippen molar-refractivity contribution in [2.24, 2.45) is 5.41 Å². The first-order chi connectivity index (χ1) is 24.2. The fourth-order valence-electron chi connectivity index (χ4n) is 5.99. The topological polar surface area (TPSA) is 171 Å². The smallest absolute Gasteiger partial charge is 0.235 e. The lowest BCUT2D eigenvalue weighted by atomic mass is 10.0. The van der Waals surface area contributed by atoms with Crippen molar-refractivity contribution in [3.05, 3.63) is 60.9 Å². The van der Waals surface area contributed by atoms with Crippen molar-refractivity contribution < 1.29 is 42.0 Å². The van der Waals surface area contributed by atoms with E-state index in [1.165, 1.54) is 18.5 Å². The van der Waals surface area contributed by atoms with Gasteiger partial charge in [0.25, 0.3) is 0 Å². The SMILES string of the molecule is CS(=O)(=O)c1ccc(NC(O)C2(C(=O)Nc3ccc(Oc4ncnc5cc(OCCCN6CCOCC6)c6c(c45)OCCO6)cc3)CC2)cc1. The summed E-state index contributed by atoms with van der Waals surface area (Å²) in [4.78, 5) is 24.7. The van der Waals surface area contributed by atoms with E-state index in [1.807, 2.05) is 6.07 Å². The number of rotatable bonds is 13. The fraction of sp³-hybridized carbons (Fsp3) is 0.400. The molecule has 7 rings (SSSR count). The van der Waals surface area contributed by atoms with E-state index in [9.17, 15) is 18.3 Å². The highest BCUT2D eigenvalue weighted by molar-refractivity contribution is 7.90. The molecule has 1 unspecified atom stereocenters. The van der Waals surface area contributed by atoms with Crippen LogP contribution in [-0.2, 0) is 19.4 Å². The van der Waals surface area contributed by atoms with Crippen molar-refractivity contribution in [2.75, 3.05) is 69.6 Å². The second kappa shape index (κ2) is 14.3. The maximum absolute atomic E-state index is 13.3. The number of hydrogen-bond donors (Lipinski definition) is 3. The number of fused-ring (bicyclic) bond motifs is 3. The van der Waals surface area contributed by atoms with Crippen LogP contribution in [0.5, 0.6) is 28.9 Å². The van der Waals surface area contributed by atoms with Gasteiger partial charge in [-0.1, -0.05) is 0 Å². The monoisotopic (exact) mass is 705 g/mol. The van der Waals surface area contributed by atoms with Crippen LogP contribution in [0, 0.1) is 5.41 Å². The van der Waals surface area contributed by atoms with Crippen molar-refractivity contribution in [2.45, 2.75) is 30.4 Å².